The van der Waals surface area contributed by atoms with E-state index in [2.05, 4.69) is 15.6 Å². The number of hydrogen-bond donors (Lipinski definition) is 3. The molecular weight excluding hydrogens is 226 g/mol. The van der Waals surface area contributed by atoms with E-state index in [0.717, 1.165) is 10.7 Å². The lowest BCUT2D eigenvalue weighted by Crippen LogP contribution is -2.35. The average Bonchev–Trinajstić information content (AvgIpc) is 2.76. The molecule has 2 aromatic heterocycles. The Morgan fingerprint density at radius 1 is 1.56 bits per heavy atom. The summed E-state index contributed by atoms with van der Waals surface area (Å²) in [7, 11) is 0. The van der Waals surface area contributed by atoms with E-state index >= 15 is 0 Å². The number of carbonyl (C=O) groups excluding carboxylic acids is 1. The zero-order chi connectivity index (χ0) is 11.4. The van der Waals surface area contributed by atoms with Crippen LogP contribution in [0.25, 0.3) is 4.96 Å². The molecule has 2 rings (SSSR count). The number of urea groups is 1. The number of thiazole rings is 1. The molecule has 6 nitrogen and oxygen atoms in total. The number of hydrogen-bond acceptors (Lipinski definition) is 4. The van der Waals surface area contributed by atoms with Crippen molar-refractivity contribution >= 4 is 22.3 Å². The third-order valence-corrected chi connectivity index (χ3v) is 2.82. The summed E-state index contributed by atoms with van der Waals surface area (Å²) in [5, 5.41) is 7.67. The summed E-state index contributed by atoms with van der Waals surface area (Å²) in [6, 6.07) is -0.496. The van der Waals surface area contributed by atoms with Gasteiger partial charge in [0.1, 0.15) is 0 Å². The Hall–Kier alpha value is -1.60. The molecule has 0 aliphatic heterocycles. The van der Waals surface area contributed by atoms with Crippen LogP contribution >= 0.6 is 11.3 Å². The number of amides is 2. The molecule has 0 unspecified atom stereocenters. The lowest BCUT2D eigenvalue weighted by molar-refractivity contribution is 0.249. The van der Waals surface area contributed by atoms with Crippen LogP contribution in [0.1, 0.15) is 5.69 Å². The number of rotatable bonds is 5. The van der Waals surface area contributed by atoms with E-state index in [0.29, 0.717) is 19.6 Å². The van der Waals surface area contributed by atoms with Gasteiger partial charge in [-0.25, -0.2) is 9.78 Å². The van der Waals surface area contributed by atoms with Crippen LogP contribution in [0.5, 0.6) is 0 Å². The highest BCUT2D eigenvalue weighted by Gasteiger charge is 2.01. The van der Waals surface area contributed by atoms with E-state index in [1.807, 2.05) is 22.2 Å². The van der Waals surface area contributed by atoms with Gasteiger partial charge in [0.05, 0.1) is 5.69 Å². The van der Waals surface area contributed by atoms with Crippen LogP contribution in [-0.4, -0.2) is 28.5 Å². The quantitative estimate of drug-likeness (QED) is 0.649. The minimum Gasteiger partial charge on any atom is -0.352 e. The molecule has 0 saturated heterocycles. The third kappa shape index (κ3) is 2.71. The van der Waals surface area contributed by atoms with Gasteiger partial charge in [0.25, 0.3) is 0 Å². The summed E-state index contributed by atoms with van der Waals surface area (Å²) >= 11 is 1.61. The predicted molar refractivity (Wildman–Crippen MR) is 62.4 cm³/mol. The molecule has 4 N–H and O–H groups in total. The second kappa shape index (κ2) is 4.95. The summed E-state index contributed by atoms with van der Waals surface area (Å²) in [6.07, 6.45) is 3.96. The molecule has 0 bridgehead atoms. The Balaban J connectivity index is 1.74. The first-order chi connectivity index (χ1) is 7.75. The minimum absolute atomic E-state index is 0.496. The SMILES string of the molecule is NC(=O)NCCNCc1cn2ccsc2n1. The fourth-order valence-corrected chi connectivity index (χ4v) is 2.07. The number of primary amides is 1. The van der Waals surface area contributed by atoms with Crippen LogP contribution in [0, 0.1) is 0 Å². The predicted octanol–water partition coefficient (Wildman–Crippen LogP) is 0.154. The second-order valence-electron chi connectivity index (χ2n) is 3.29. The largest absolute Gasteiger partial charge is 0.352 e. The monoisotopic (exact) mass is 239 g/mol. The van der Waals surface area contributed by atoms with Gasteiger partial charge >= 0.3 is 6.03 Å². The molecule has 0 radical (unpaired) electrons. The van der Waals surface area contributed by atoms with Gasteiger partial charge in [0, 0.05) is 37.4 Å². The lowest BCUT2D eigenvalue weighted by Gasteiger charge is -2.02. The summed E-state index contributed by atoms with van der Waals surface area (Å²) in [6.45, 7) is 1.89. The van der Waals surface area contributed by atoms with Gasteiger partial charge in [-0.3, -0.25) is 4.40 Å². The van der Waals surface area contributed by atoms with Gasteiger partial charge in [-0.05, 0) is 0 Å². The van der Waals surface area contributed by atoms with Gasteiger partial charge in [-0.15, -0.1) is 11.3 Å². The Kier molecular flexibility index (Phi) is 3.37. The van der Waals surface area contributed by atoms with Crippen molar-refractivity contribution < 1.29 is 4.79 Å². The van der Waals surface area contributed by atoms with Crippen molar-refractivity contribution in [3.8, 4) is 0 Å². The molecule has 2 aromatic rings. The molecule has 2 amide bonds. The van der Waals surface area contributed by atoms with Crippen LogP contribution in [0.4, 0.5) is 4.79 Å². The van der Waals surface area contributed by atoms with E-state index in [1.54, 1.807) is 11.3 Å². The molecule has 86 valence electrons. The van der Waals surface area contributed by atoms with Crippen LogP contribution in [-0.2, 0) is 6.54 Å². The molecule has 0 aliphatic carbocycles. The summed E-state index contributed by atoms with van der Waals surface area (Å²) < 4.78 is 1.99. The number of fused-ring (bicyclic) bond motifs is 1. The van der Waals surface area contributed by atoms with Crippen molar-refractivity contribution in [2.45, 2.75) is 6.54 Å². The lowest BCUT2D eigenvalue weighted by atomic mass is 10.4. The van der Waals surface area contributed by atoms with Crippen LogP contribution in [0.15, 0.2) is 17.8 Å². The molecule has 0 spiro atoms. The molecule has 0 atom stereocenters. The Labute approximate surface area is 96.5 Å². The van der Waals surface area contributed by atoms with Crippen molar-refractivity contribution in [2.75, 3.05) is 13.1 Å². The van der Waals surface area contributed by atoms with Crippen molar-refractivity contribution in [1.29, 1.82) is 0 Å². The second-order valence-corrected chi connectivity index (χ2v) is 4.17. The van der Waals surface area contributed by atoms with E-state index in [1.165, 1.54) is 0 Å². The zero-order valence-electron chi connectivity index (χ0n) is 8.64. The zero-order valence-corrected chi connectivity index (χ0v) is 9.46. The summed E-state index contributed by atoms with van der Waals surface area (Å²) in [5.41, 5.74) is 5.92. The van der Waals surface area contributed by atoms with Crippen LogP contribution in [0.2, 0.25) is 0 Å². The normalized spacial score (nSPS) is 10.8. The molecule has 7 heteroatoms. The maximum Gasteiger partial charge on any atom is 0.312 e. The molecule has 0 fully saturated rings. The highest BCUT2D eigenvalue weighted by Crippen LogP contribution is 2.10. The van der Waals surface area contributed by atoms with Crippen molar-refractivity contribution in [1.82, 2.24) is 20.0 Å². The number of imidazole rings is 1. The van der Waals surface area contributed by atoms with E-state index in [9.17, 15) is 4.79 Å². The topological polar surface area (TPSA) is 84.5 Å². The van der Waals surface area contributed by atoms with Crippen LogP contribution < -0.4 is 16.4 Å². The van der Waals surface area contributed by atoms with Crippen molar-refractivity contribution in [3.63, 3.8) is 0 Å². The molecular formula is C9H13N5OS. The molecule has 0 aliphatic rings. The Morgan fingerprint density at radius 2 is 2.44 bits per heavy atom. The van der Waals surface area contributed by atoms with Gasteiger partial charge in [0.15, 0.2) is 4.96 Å². The highest BCUT2D eigenvalue weighted by atomic mass is 32.1. The number of nitrogens with zero attached hydrogens (tertiary/aromatic N) is 2. The first-order valence-electron chi connectivity index (χ1n) is 4.91. The van der Waals surface area contributed by atoms with Crippen LogP contribution in [0.3, 0.4) is 0 Å². The molecule has 0 saturated carbocycles. The molecule has 16 heavy (non-hydrogen) atoms. The smallest absolute Gasteiger partial charge is 0.312 e. The van der Waals surface area contributed by atoms with Crippen molar-refractivity contribution in [3.05, 3.63) is 23.5 Å². The van der Waals surface area contributed by atoms with Gasteiger partial charge < -0.3 is 16.4 Å². The van der Waals surface area contributed by atoms with Gasteiger partial charge in [-0.1, -0.05) is 0 Å². The van der Waals surface area contributed by atoms with Crippen molar-refractivity contribution in [2.24, 2.45) is 5.73 Å². The third-order valence-electron chi connectivity index (χ3n) is 2.05. The van der Waals surface area contributed by atoms with E-state index in [-0.39, 0.29) is 0 Å². The Morgan fingerprint density at radius 3 is 3.19 bits per heavy atom. The Bertz CT molecular complexity index is 448. The maximum absolute atomic E-state index is 10.4. The number of nitrogens with two attached hydrogens (primary N) is 1. The standard InChI is InChI=1S/C9H13N5OS/c10-8(15)12-2-1-11-5-7-6-14-3-4-16-9(14)13-7/h3-4,6,11H,1-2,5H2,(H3,10,12,15). The van der Waals surface area contributed by atoms with Gasteiger partial charge in [-0.2, -0.15) is 0 Å². The first kappa shape index (κ1) is 10.9. The summed E-state index contributed by atoms with van der Waals surface area (Å²) in [5.74, 6) is 0. The van der Waals surface area contributed by atoms with Gasteiger partial charge in [0.2, 0.25) is 0 Å². The minimum atomic E-state index is -0.496. The molecule has 2 heterocycles. The molecule has 0 aromatic carbocycles. The van der Waals surface area contributed by atoms with E-state index in [4.69, 9.17) is 5.73 Å². The number of carbonyl (C=O) groups is 1. The first-order valence-corrected chi connectivity index (χ1v) is 5.79. The highest BCUT2D eigenvalue weighted by molar-refractivity contribution is 7.15. The maximum atomic E-state index is 10.4. The fourth-order valence-electron chi connectivity index (χ4n) is 1.35. The van der Waals surface area contributed by atoms with E-state index < -0.39 is 6.03 Å². The number of aromatic nitrogens is 2. The summed E-state index contributed by atoms with van der Waals surface area (Å²) in [4.78, 5) is 15.8. The fraction of sp³-hybridized carbons (Fsp3) is 0.333. The average molecular weight is 239 g/mol. The number of nitrogens with one attached hydrogen (secondary N) is 2.